The fraction of sp³-hybridized carbons (Fsp3) is 0.227. The van der Waals surface area contributed by atoms with E-state index in [4.69, 9.17) is 33.2 Å². The molecule has 1 fully saturated rings. The molecule has 0 aliphatic carbocycles. The first kappa shape index (κ1) is 25.4. The van der Waals surface area contributed by atoms with Gasteiger partial charge in [0, 0.05) is 23.8 Å². The summed E-state index contributed by atoms with van der Waals surface area (Å²) in [4.78, 5) is 33.0. The van der Waals surface area contributed by atoms with Crippen molar-refractivity contribution < 1.29 is 22.7 Å². The number of rotatable bonds is 5. The Kier molecular flexibility index (Phi) is 7.16. The third-order valence-electron chi connectivity index (χ3n) is 5.25. The number of pyridine rings is 1. The Balaban J connectivity index is 1.65. The lowest BCUT2D eigenvalue weighted by molar-refractivity contribution is -0.142. The molecule has 0 spiro atoms. The van der Waals surface area contributed by atoms with Gasteiger partial charge in [-0.05, 0) is 36.8 Å². The molecular formula is C22H15Cl2F3N6O3. The zero-order chi connectivity index (χ0) is 26.0. The number of nitrogens with zero attached hydrogens (tertiary/aromatic N) is 4. The first-order valence-electron chi connectivity index (χ1n) is 10.3. The van der Waals surface area contributed by atoms with Gasteiger partial charge in [0.1, 0.15) is 5.75 Å². The second kappa shape index (κ2) is 10.1. The Bertz CT molecular complexity index is 1410. The fourth-order valence-electron chi connectivity index (χ4n) is 3.62. The topological polar surface area (TPSA) is 122 Å². The molecule has 186 valence electrons. The molecule has 1 aromatic carbocycles. The Labute approximate surface area is 211 Å². The Morgan fingerprint density at radius 2 is 1.94 bits per heavy atom. The van der Waals surface area contributed by atoms with E-state index in [1.165, 1.54) is 18.3 Å². The summed E-state index contributed by atoms with van der Waals surface area (Å²) in [6.07, 6.45) is -2.66. The minimum absolute atomic E-state index is 0.0271. The molecule has 3 aromatic rings. The van der Waals surface area contributed by atoms with Crippen molar-refractivity contribution in [3.63, 3.8) is 0 Å². The summed E-state index contributed by atoms with van der Waals surface area (Å²) < 4.78 is 47.0. The standard InChI is InChI=1S/C22H15Cl2F3N6O3/c23-12-1-2-17(29-8-12)16-6-14(31-32-20(16)34)9-33-10-30-19(22(25,26)27)18(21(33)35)36-15-4-11(7-28)3-13(24)5-15/h1-5,8,10,14,16,31H,6,9H2,(H,32,34). The maximum absolute atomic E-state index is 13.6. The van der Waals surface area contributed by atoms with E-state index < -0.39 is 35.1 Å². The Morgan fingerprint density at radius 3 is 2.61 bits per heavy atom. The van der Waals surface area contributed by atoms with Gasteiger partial charge >= 0.3 is 6.18 Å². The van der Waals surface area contributed by atoms with E-state index in [9.17, 15) is 22.8 Å². The number of carbonyl (C=O) groups is 1. The van der Waals surface area contributed by atoms with Crippen LogP contribution in [0.15, 0.2) is 47.7 Å². The number of alkyl halides is 3. The number of carbonyl (C=O) groups excluding carboxylic acids is 1. The smallest absolute Gasteiger partial charge is 0.437 e. The number of aromatic nitrogens is 3. The monoisotopic (exact) mass is 538 g/mol. The highest BCUT2D eigenvalue weighted by atomic mass is 35.5. The molecule has 2 N–H and O–H groups in total. The molecule has 4 rings (SSSR count). The first-order valence-corrected chi connectivity index (χ1v) is 11.0. The molecule has 2 unspecified atom stereocenters. The summed E-state index contributed by atoms with van der Waals surface area (Å²) in [5.74, 6) is -2.36. The number of halogens is 5. The molecule has 36 heavy (non-hydrogen) atoms. The minimum Gasteiger partial charge on any atom is -0.449 e. The van der Waals surface area contributed by atoms with E-state index in [1.54, 1.807) is 18.2 Å². The predicted molar refractivity (Wildman–Crippen MR) is 121 cm³/mol. The van der Waals surface area contributed by atoms with Crippen LogP contribution in [0.2, 0.25) is 10.0 Å². The van der Waals surface area contributed by atoms with Crippen molar-refractivity contribution in [1.82, 2.24) is 25.4 Å². The van der Waals surface area contributed by atoms with Crippen molar-refractivity contribution in [1.29, 1.82) is 5.26 Å². The van der Waals surface area contributed by atoms with Gasteiger partial charge in [0.15, 0.2) is 5.69 Å². The van der Waals surface area contributed by atoms with E-state index in [1.807, 2.05) is 0 Å². The zero-order valence-electron chi connectivity index (χ0n) is 18.0. The Hall–Kier alpha value is -3.66. The summed E-state index contributed by atoms with van der Waals surface area (Å²) in [6.45, 7) is -0.149. The molecule has 2 aromatic heterocycles. The molecule has 0 saturated carbocycles. The molecule has 1 amide bonds. The minimum atomic E-state index is -4.99. The molecule has 3 heterocycles. The van der Waals surface area contributed by atoms with Crippen molar-refractivity contribution in [3.8, 4) is 17.6 Å². The maximum Gasteiger partial charge on any atom is 0.437 e. The summed E-state index contributed by atoms with van der Waals surface area (Å²) in [5, 5.41) is 9.51. The molecule has 1 aliphatic heterocycles. The highest BCUT2D eigenvalue weighted by Crippen LogP contribution is 2.35. The normalized spacial score (nSPS) is 17.8. The van der Waals surface area contributed by atoms with E-state index in [0.29, 0.717) is 10.7 Å². The highest BCUT2D eigenvalue weighted by molar-refractivity contribution is 6.31. The molecule has 0 bridgehead atoms. The van der Waals surface area contributed by atoms with Crippen LogP contribution in [-0.4, -0.2) is 26.5 Å². The van der Waals surface area contributed by atoms with Crippen LogP contribution in [0.5, 0.6) is 11.5 Å². The van der Waals surface area contributed by atoms with Gasteiger partial charge in [-0.15, -0.1) is 0 Å². The van der Waals surface area contributed by atoms with Gasteiger partial charge in [0.25, 0.3) is 5.56 Å². The third kappa shape index (κ3) is 5.59. The van der Waals surface area contributed by atoms with Crippen LogP contribution in [-0.2, 0) is 17.5 Å². The van der Waals surface area contributed by atoms with Gasteiger partial charge in [-0.2, -0.15) is 18.4 Å². The second-order valence-electron chi connectivity index (χ2n) is 7.79. The number of hydrogen-bond donors (Lipinski definition) is 2. The zero-order valence-corrected chi connectivity index (χ0v) is 19.5. The largest absolute Gasteiger partial charge is 0.449 e. The van der Waals surface area contributed by atoms with E-state index >= 15 is 0 Å². The number of ether oxygens (including phenoxy) is 1. The molecule has 0 radical (unpaired) electrons. The lowest BCUT2D eigenvalue weighted by Gasteiger charge is -2.30. The van der Waals surface area contributed by atoms with E-state index in [2.05, 4.69) is 20.8 Å². The third-order valence-corrected chi connectivity index (χ3v) is 5.69. The number of amides is 1. The number of benzene rings is 1. The van der Waals surface area contributed by atoms with E-state index in [0.717, 1.165) is 17.0 Å². The van der Waals surface area contributed by atoms with Crippen molar-refractivity contribution in [2.45, 2.75) is 31.1 Å². The molecule has 1 saturated heterocycles. The van der Waals surface area contributed by atoms with Gasteiger partial charge in [-0.25, -0.2) is 10.4 Å². The first-order chi connectivity index (χ1) is 17.0. The van der Waals surface area contributed by atoms with Crippen LogP contribution in [0.25, 0.3) is 0 Å². The lowest BCUT2D eigenvalue weighted by atomic mass is 9.93. The van der Waals surface area contributed by atoms with Crippen molar-refractivity contribution in [2.24, 2.45) is 0 Å². The van der Waals surface area contributed by atoms with Crippen LogP contribution in [0, 0.1) is 11.3 Å². The maximum atomic E-state index is 13.6. The van der Waals surface area contributed by atoms with Crippen LogP contribution < -0.4 is 21.1 Å². The summed E-state index contributed by atoms with van der Waals surface area (Å²) in [5.41, 5.74) is 3.05. The average molecular weight is 539 g/mol. The van der Waals surface area contributed by atoms with Gasteiger partial charge < -0.3 is 4.74 Å². The SMILES string of the molecule is N#Cc1cc(Cl)cc(Oc2c(C(F)(F)F)ncn(CC3CC(c4ccc(Cl)cn4)C(=O)NN3)c2=O)c1. The molecule has 14 heteroatoms. The van der Waals surface area contributed by atoms with Crippen molar-refractivity contribution >= 4 is 29.1 Å². The van der Waals surface area contributed by atoms with E-state index in [-0.39, 0.29) is 35.2 Å². The van der Waals surface area contributed by atoms with Crippen molar-refractivity contribution in [2.75, 3.05) is 0 Å². The summed E-state index contributed by atoms with van der Waals surface area (Å²) in [7, 11) is 0. The average Bonchev–Trinajstić information content (AvgIpc) is 2.82. The Morgan fingerprint density at radius 1 is 1.17 bits per heavy atom. The van der Waals surface area contributed by atoms with Crippen LogP contribution >= 0.6 is 23.2 Å². The van der Waals surface area contributed by atoms with Gasteiger partial charge in [0.05, 0.1) is 34.6 Å². The second-order valence-corrected chi connectivity index (χ2v) is 8.66. The van der Waals surface area contributed by atoms with Gasteiger partial charge in [0.2, 0.25) is 11.7 Å². The number of nitriles is 1. The summed E-state index contributed by atoms with van der Waals surface area (Å²) >= 11 is 11.7. The predicted octanol–water partition coefficient (Wildman–Crippen LogP) is 3.80. The van der Waals surface area contributed by atoms with Crippen LogP contribution in [0.3, 0.4) is 0 Å². The lowest BCUT2D eigenvalue weighted by Crippen LogP contribution is -2.54. The molecular weight excluding hydrogens is 524 g/mol. The quantitative estimate of drug-likeness (QED) is 0.506. The summed E-state index contributed by atoms with van der Waals surface area (Å²) in [6, 6.07) is 8.01. The molecule has 2 atom stereocenters. The van der Waals surface area contributed by atoms with Gasteiger partial charge in [-0.3, -0.25) is 24.6 Å². The number of hydrogen-bond acceptors (Lipinski definition) is 7. The molecule has 9 nitrogen and oxygen atoms in total. The number of nitrogens with one attached hydrogen (secondary N) is 2. The molecule has 1 aliphatic rings. The van der Waals surface area contributed by atoms with Crippen molar-refractivity contribution in [3.05, 3.63) is 80.2 Å². The van der Waals surface area contributed by atoms with Crippen LogP contribution in [0.1, 0.15) is 29.3 Å². The fourth-order valence-corrected chi connectivity index (χ4v) is 3.95. The highest BCUT2D eigenvalue weighted by Gasteiger charge is 2.39. The van der Waals surface area contributed by atoms with Crippen LogP contribution in [0.4, 0.5) is 13.2 Å². The van der Waals surface area contributed by atoms with Gasteiger partial charge in [-0.1, -0.05) is 23.2 Å². The number of hydrazine groups is 1.